The second-order valence-corrected chi connectivity index (χ2v) is 11.2. The molecule has 0 aliphatic heterocycles. The maximum Gasteiger partial charge on any atom is 0.459 e. The molecule has 0 radical (unpaired) electrons. The van der Waals surface area contributed by atoms with E-state index < -0.39 is 49.0 Å². The first-order chi connectivity index (χ1) is 23.1. The molecule has 3 aromatic carbocycles. The second-order valence-electron chi connectivity index (χ2n) is 11.2. The van der Waals surface area contributed by atoms with Crippen LogP contribution in [-0.4, -0.2) is 55.9 Å². The fourth-order valence-electron chi connectivity index (χ4n) is 4.40. The van der Waals surface area contributed by atoms with Crippen LogP contribution in [-0.2, 0) is 9.47 Å². The Kier molecular flexibility index (Phi) is 14.0. The molecule has 0 spiro atoms. The van der Waals surface area contributed by atoms with Gasteiger partial charge in [-0.3, -0.25) is 0 Å². The van der Waals surface area contributed by atoms with Crippen molar-refractivity contribution < 1.29 is 63.7 Å². The van der Waals surface area contributed by atoms with E-state index in [0.717, 1.165) is 36.5 Å². The average molecular weight is 705 g/mol. The summed E-state index contributed by atoms with van der Waals surface area (Å²) in [6.07, 6.45) is -3.16. The van der Waals surface area contributed by atoms with Gasteiger partial charge >= 0.3 is 30.0 Å². The Labute approximate surface area is 278 Å². The van der Waals surface area contributed by atoms with E-state index in [9.17, 15) is 44.7 Å². The standard InChI is InChI=1S/C35H36F8O6/c1-3-4-8-23(2)48-31(44)26-11-9-24(10-12-26)25-13-15-27(16-14-25)49-32(45)29-18-17-28(21-30(29)36)47-20-7-5-6-19-46-22-33(37,38)34(39,40)35(41,42)43/h9-18,21,23H,3-8,19-20,22H2,1-2H3/t23-/m0/s1. The third-order valence-corrected chi connectivity index (χ3v) is 7.25. The first-order valence-electron chi connectivity index (χ1n) is 15.5. The van der Waals surface area contributed by atoms with Crippen LogP contribution in [0, 0.1) is 5.82 Å². The molecule has 0 fully saturated rings. The lowest BCUT2D eigenvalue weighted by molar-refractivity contribution is -0.361. The largest absolute Gasteiger partial charge is 0.493 e. The number of carbonyl (C=O) groups is 2. The number of hydrogen-bond acceptors (Lipinski definition) is 6. The summed E-state index contributed by atoms with van der Waals surface area (Å²) in [6.45, 7) is 1.38. The van der Waals surface area contributed by atoms with Crippen molar-refractivity contribution in [1.29, 1.82) is 0 Å². The zero-order valence-electron chi connectivity index (χ0n) is 26.8. The molecule has 49 heavy (non-hydrogen) atoms. The highest BCUT2D eigenvalue weighted by Gasteiger charge is 2.72. The molecule has 0 saturated heterocycles. The van der Waals surface area contributed by atoms with Crippen molar-refractivity contribution in [3.63, 3.8) is 0 Å². The highest BCUT2D eigenvalue weighted by atomic mass is 19.4. The molecule has 14 heteroatoms. The third-order valence-electron chi connectivity index (χ3n) is 7.25. The number of carbonyl (C=O) groups excluding carboxylic acids is 2. The third kappa shape index (κ3) is 11.2. The molecule has 268 valence electrons. The fraction of sp³-hybridized carbons (Fsp3) is 0.429. The zero-order valence-corrected chi connectivity index (χ0v) is 26.8. The lowest BCUT2D eigenvalue weighted by atomic mass is 10.0. The van der Waals surface area contributed by atoms with Gasteiger partial charge in [0.2, 0.25) is 0 Å². The monoisotopic (exact) mass is 704 g/mol. The number of esters is 2. The smallest absolute Gasteiger partial charge is 0.459 e. The second kappa shape index (κ2) is 17.5. The van der Waals surface area contributed by atoms with E-state index in [1.165, 1.54) is 24.3 Å². The molecular formula is C35H36F8O6. The molecule has 0 N–H and O–H groups in total. The fourth-order valence-corrected chi connectivity index (χ4v) is 4.40. The lowest BCUT2D eigenvalue weighted by Crippen LogP contribution is -2.54. The molecule has 0 aliphatic carbocycles. The van der Waals surface area contributed by atoms with E-state index in [4.69, 9.17) is 14.2 Å². The Bertz CT molecular complexity index is 1510. The summed E-state index contributed by atoms with van der Waals surface area (Å²) in [5.74, 6) is -13.7. The maximum absolute atomic E-state index is 14.7. The van der Waals surface area contributed by atoms with Crippen LogP contribution >= 0.6 is 0 Å². The van der Waals surface area contributed by atoms with Gasteiger partial charge in [0.25, 0.3) is 0 Å². The molecule has 0 heterocycles. The van der Waals surface area contributed by atoms with Crippen LogP contribution in [0.15, 0.2) is 66.7 Å². The maximum atomic E-state index is 14.7. The van der Waals surface area contributed by atoms with E-state index in [0.29, 0.717) is 12.0 Å². The Balaban J connectivity index is 1.41. The summed E-state index contributed by atoms with van der Waals surface area (Å²) < 4.78 is 124. The lowest BCUT2D eigenvalue weighted by Gasteiger charge is -2.27. The van der Waals surface area contributed by atoms with Crippen LogP contribution in [0.2, 0.25) is 0 Å². The van der Waals surface area contributed by atoms with Crippen molar-refractivity contribution in [2.45, 2.75) is 76.5 Å². The summed E-state index contributed by atoms with van der Waals surface area (Å²) >= 11 is 0. The summed E-state index contributed by atoms with van der Waals surface area (Å²) in [5, 5.41) is 0. The minimum atomic E-state index is -6.41. The highest BCUT2D eigenvalue weighted by molar-refractivity contribution is 5.92. The van der Waals surface area contributed by atoms with Crippen LogP contribution in [0.1, 0.15) is 73.1 Å². The van der Waals surface area contributed by atoms with Crippen molar-refractivity contribution in [1.82, 2.24) is 0 Å². The van der Waals surface area contributed by atoms with E-state index >= 15 is 0 Å². The molecular weight excluding hydrogens is 668 g/mol. The number of hydrogen-bond donors (Lipinski definition) is 0. The minimum Gasteiger partial charge on any atom is -0.493 e. The van der Waals surface area contributed by atoms with Gasteiger partial charge in [0.15, 0.2) is 0 Å². The molecule has 0 amide bonds. The van der Waals surface area contributed by atoms with Crippen LogP contribution < -0.4 is 9.47 Å². The minimum absolute atomic E-state index is 0.0307. The number of alkyl halides is 7. The number of halogens is 8. The van der Waals surface area contributed by atoms with Gasteiger partial charge in [-0.15, -0.1) is 0 Å². The molecule has 0 aliphatic rings. The summed E-state index contributed by atoms with van der Waals surface area (Å²) in [5.41, 5.74) is 1.66. The molecule has 1 atom stereocenters. The topological polar surface area (TPSA) is 71.1 Å². The van der Waals surface area contributed by atoms with Crippen LogP contribution in [0.3, 0.4) is 0 Å². The molecule has 0 aromatic heterocycles. The van der Waals surface area contributed by atoms with Gasteiger partial charge in [-0.1, -0.05) is 44.0 Å². The number of ether oxygens (including phenoxy) is 4. The molecule has 0 bridgehead atoms. The number of benzene rings is 3. The molecule has 3 aromatic rings. The summed E-state index contributed by atoms with van der Waals surface area (Å²) in [4.78, 5) is 25.0. The van der Waals surface area contributed by atoms with E-state index in [1.807, 2.05) is 6.92 Å². The molecule has 0 unspecified atom stereocenters. The van der Waals surface area contributed by atoms with Gasteiger partial charge in [-0.05, 0) is 80.1 Å². The van der Waals surface area contributed by atoms with E-state index in [-0.39, 0.29) is 42.6 Å². The normalized spacial score (nSPS) is 12.8. The van der Waals surface area contributed by atoms with Crippen molar-refractivity contribution in [2.24, 2.45) is 0 Å². The van der Waals surface area contributed by atoms with Gasteiger partial charge in [-0.25, -0.2) is 14.0 Å². The molecule has 0 saturated carbocycles. The van der Waals surface area contributed by atoms with Crippen molar-refractivity contribution in [3.05, 3.63) is 83.7 Å². The van der Waals surface area contributed by atoms with Gasteiger partial charge in [0.05, 0.1) is 23.8 Å². The SMILES string of the molecule is CCCC[C@H](C)OC(=O)c1ccc(-c2ccc(OC(=O)c3ccc(OCCCCCOCC(F)(F)C(F)(F)C(F)(F)F)cc3F)cc2)cc1. The Morgan fingerprint density at radius 3 is 1.92 bits per heavy atom. The molecule has 6 nitrogen and oxygen atoms in total. The Morgan fingerprint density at radius 2 is 1.33 bits per heavy atom. The highest BCUT2D eigenvalue weighted by Crippen LogP contribution is 2.46. The number of rotatable bonds is 18. The van der Waals surface area contributed by atoms with Crippen molar-refractivity contribution >= 4 is 11.9 Å². The summed E-state index contributed by atoms with van der Waals surface area (Å²) in [7, 11) is 0. The van der Waals surface area contributed by atoms with E-state index in [2.05, 4.69) is 11.7 Å². The Morgan fingerprint density at radius 1 is 0.735 bits per heavy atom. The quantitative estimate of drug-likeness (QED) is 0.0569. The zero-order chi connectivity index (χ0) is 36.2. The molecule has 3 rings (SSSR count). The predicted molar refractivity (Wildman–Crippen MR) is 164 cm³/mol. The number of unbranched alkanes of at least 4 members (excludes halogenated alkanes) is 3. The van der Waals surface area contributed by atoms with Crippen LogP contribution in [0.25, 0.3) is 11.1 Å². The van der Waals surface area contributed by atoms with Crippen LogP contribution in [0.5, 0.6) is 11.5 Å². The van der Waals surface area contributed by atoms with Crippen molar-refractivity contribution in [3.8, 4) is 22.6 Å². The van der Waals surface area contributed by atoms with Gasteiger partial charge < -0.3 is 18.9 Å². The predicted octanol–water partition coefficient (Wildman–Crippen LogP) is 9.85. The van der Waals surface area contributed by atoms with Crippen LogP contribution in [0.4, 0.5) is 35.1 Å². The average Bonchev–Trinajstić information content (AvgIpc) is 3.04. The van der Waals surface area contributed by atoms with Gasteiger partial charge in [-0.2, -0.15) is 30.7 Å². The van der Waals surface area contributed by atoms with Gasteiger partial charge in [0, 0.05) is 12.7 Å². The van der Waals surface area contributed by atoms with Gasteiger partial charge in [0.1, 0.15) is 23.9 Å². The summed E-state index contributed by atoms with van der Waals surface area (Å²) in [6, 6.07) is 16.8. The van der Waals surface area contributed by atoms with E-state index in [1.54, 1.807) is 36.4 Å². The first kappa shape index (κ1) is 39.2. The first-order valence-corrected chi connectivity index (χ1v) is 15.5. The van der Waals surface area contributed by atoms with Crippen molar-refractivity contribution in [2.75, 3.05) is 19.8 Å². The Hall–Kier alpha value is -4.20.